The smallest absolute Gasteiger partial charge is 0.256 e. The van der Waals surface area contributed by atoms with E-state index in [0.29, 0.717) is 13.2 Å². The van der Waals surface area contributed by atoms with Crippen molar-refractivity contribution in [3.05, 3.63) is 29.3 Å². The number of morpholine rings is 1. The van der Waals surface area contributed by atoms with Gasteiger partial charge in [-0.25, -0.2) is 0 Å². The number of benzene rings is 1. The van der Waals surface area contributed by atoms with Crippen LogP contribution in [0.25, 0.3) is 0 Å². The van der Waals surface area contributed by atoms with Gasteiger partial charge in [-0.05, 0) is 38.5 Å². The quantitative estimate of drug-likeness (QED) is 0.889. The second kappa shape index (κ2) is 5.61. The number of hydrogen-bond donors (Lipinski definition) is 1. The van der Waals surface area contributed by atoms with Gasteiger partial charge >= 0.3 is 0 Å². The zero-order chi connectivity index (χ0) is 14.0. The SMILES string of the molecule is CNc1cc(C)ccc1C(=O)N1CC(C)OCC1C. The number of amides is 1. The summed E-state index contributed by atoms with van der Waals surface area (Å²) in [5, 5.41) is 3.10. The van der Waals surface area contributed by atoms with E-state index in [1.807, 2.05) is 50.9 Å². The van der Waals surface area contributed by atoms with E-state index >= 15 is 0 Å². The molecule has 104 valence electrons. The topological polar surface area (TPSA) is 41.6 Å². The fraction of sp³-hybridized carbons (Fsp3) is 0.533. The largest absolute Gasteiger partial charge is 0.387 e. The van der Waals surface area contributed by atoms with Crippen LogP contribution in [0, 0.1) is 6.92 Å². The number of nitrogens with one attached hydrogen (secondary N) is 1. The first-order valence-corrected chi connectivity index (χ1v) is 6.74. The predicted molar refractivity (Wildman–Crippen MR) is 76.6 cm³/mol. The van der Waals surface area contributed by atoms with Crippen LogP contribution in [0.15, 0.2) is 18.2 Å². The molecule has 19 heavy (non-hydrogen) atoms. The number of anilines is 1. The number of carbonyl (C=O) groups is 1. The monoisotopic (exact) mass is 262 g/mol. The summed E-state index contributed by atoms with van der Waals surface area (Å²) < 4.78 is 5.57. The summed E-state index contributed by atoms with van der Waals surface area (Å²) >= 11 is 0. The number of ether oxygens (including phenoxy) is 1. The highest BCUT2D eigenvalue weighted by atomic mass is 16.5. The van der Waals surface area contributed by atoms with Gasteiger partial charge < -0.3 is 15.0 Å². The van der Waals surface area contributed by atoms with Crippen LogP contribution in [0.5, 0.6) is 0 Å². The second-order valence-corrected chi connectivity index (χ2v) is 5.25. The average Bonchev–Trinajstić information content (AvgIpc) is 2.40. The maximum Gasteiger partial charge on any atom is 0.256 e. The minimum Gasteiger partial charge on any atom is -0.387 e. The molecule has 4 nitrogen and oxygen atoms in total. The highest BCUT2D eigenvalue weighted by molar-refractivity contribution is 6.00. The fourth-order valence-corrected chi connectivity index (χ4v) is 2.39. The third-order valence-electron chi connectivity index (χ3n) is 3.54. The molecule has 1 heterocycles. The lowest BCUT2D eigenvalue weighted by Gasteiger charge is -2.37. The van der Waals surface area contributed by atoms with Crippen molar-refractivity contribution in [3.8, 4) is 0 Å². The number of rotatable bonds is 2. The fourth-order valence-electron chi connectivity index (χ4n) is 2.39. The normalized spacial score (nSPS) is 23.3. The molecule has 2 unspecified atom stereocenters. The van der Waals surface area contributed by atoms with Gasteiger partial charge in [0.15, 0.2) is 0 Å². The van der Waals surface area contributed by atoms with Crippen molar-refractivity contribution in [2.45, 2.75) is 32.9 Å². The lowest BCUT2D eigenvalue weighted by atomic mass is 10.1. The predicted octanol–water partition coefficient (Wildman–Crippen LogP) is 2.29. The third kappa shape index (κ3) is 2.89. The van der Waals surface area contributed by atoms with Gasteiger partial charge in [-0.15, -0.1) is 0 Å². The Morgan fingerprint density at radius 2 is 2.16 bits per heavy atom. The van der Waals surface area contributed by atoms with Crippen molar-refractivity contribution in [1.29, 1.82) is 0 Å². The van der Waals surface area contributed by atoms with Gasteiger partial charge in [0.2, 0.25) is 0 Å². The lowest BCUT2D eigenvalue weighted by Crippen LogP contribution is -2.50. The molecule has 2 atom stereocenters. The average molecular weight is 262 g/mol. The molecule has 0 bridgehead atoms. The van der Waals surface area contributed by atoms with E-state index in [1.54, 1.807) is 0 Å². The van der Waals surface area contributed by atoms with Crippen LogP contribution in [0.2, 0.25) is 0 Å². The Hall–Kier alpha value is -1.55. The van der Waals surface area contributed by atoms with Crippen LogP contribution >= 0.6 is 0 Å². The van der Waals surface area contributed by atoms with Crippen LogP contribution in [-0.4, -0.2) is 43.2 Å². The molecule has 0 radical (unpaired) electrons. The van der Waals surface area contributed by atoms with E-state index in [0.717, 1.165) is 16.8 Å². The lowest BCUT2D eigenvalue weighted by molar-refractivity contribution is -0.0386. The van der Waals surface area contributed by atoms with Crippen LogP contribution in [0.4, 0.5) is 5.69 Å². The zero-order valence-electron chi connectivity index (χ0n) is 12.1. The molecule has 0 spiro atoms. The highest BCUT2D eigenvalue weighted by Crippen LogP contribution is 2.22. The van der Waals surface area contributed by atoms with E-state index in [2.05, 4.69) is 5.32 Å². The molecular weight excluding hydrogens is 240 g/mol. The van der Waals surface area contributed by atoms with Gasteiger partial charge in [0.25, 0.3) is 5.91 Å². The Morgan fingerprint density at radius 1 is 1.42 bits per heavy atom. The molecule has 0 aromatic heterocycles. The van der Waals surface area contributed by atoms with Gasteiger partial charge in [0, 0.05) is 19.3 Å². The molecule has 1 fully saturated rings. The Kier molecular flexibility index (Phi) is 4.10. The molecular formula is C15H22N2O2. The summed E-state index contributed by atoms with van der Waals surface area (Å²) in [4.78, 5) is 14.6. The summed E-state index contributed by atoms with van der Waals surface area (Å²) in [6.07, 6.45) is 0.101. The molecule has 0 saturated carbocycles. The molecule has 2 rings (SSSR count). The standard InChI is InChI=1S/C15H22N2O2/c1-10-5-6-13(14(7-10)16-4)15(18)17-8-12(3)19-9-11(17)2/h5-7,11-12,16H,8-9H2,1-4H3. The van der Waals surface area contributed by atoms with Crippen molar-refractivity contribution in [2.24, 2.45) is 0 Å². The van der Waals surface area contributed by atoms with E-state index in [9.17, 15) is 4.79 Å². The number of aryl methyl sites for hydroxylation is 1. The van der Waals surface area contributed by atoms with Crippen molar-refractivity contribution in [3.63, 3.8) is 0 Å². The van der Waals surface area contributed by atoms with Crippen molar-refractivity contribution < 1.29 is 9.53 Å². The van der Waals surface area contributed by atoms with Crippen LogP contribution < -0.4 is 5.32 Å². The minimum absolute atomic E-state index is 0.0759. The molecule has 0 aliphatic carbocycles. The van der Waals surface area contributed by atoms with E-state index in [4.69, 9.17) is 4.74 Å². The first kappa shape index (κ1) is 13.9. The van der Waals surface area contributed by atoms with Gasteiger partial charge in [0.1, 0.15) is 0 Å². The molecule has 1 N–H and O–H groups in total. The summed E-state index contributed by atoms with van der Waals surface area (Å²) in [7, 11) is 1.84. The molecule has 1 aliphatic heterocycles. The van der Waals surface area contributed by atoms with E-state index in [1.165, 1.54) is 0 Å². The number of hydrogen-bond acceptors (Lipinski definition) is 3. The summed E-state index contributed by atoms with van der Waals surface area (Å²) in [5.41, 5.74) is 2.76. The Morgan fingerprint density at radius 3 is 2.84 bits per heavy atom. The maximum absolute atomic E-state index is 12.7. The van der Waals surface area contributed by atoms with Crippen molar-refractivity contribution in [1.82, 2.24) is 4.90 Å². The molecule has 1 amide bonds. The first-order chi connectivity index (χ1) is 9.02. The van der Waals surface area contributed by atoms with Gasteiger partial charge in [0.05, 0.1) is 24.3 Å². The van der Waals surface area contributed by atoms with Gasteiger partial charge in [-0.3, -0.25) is 4.79 Å². The zero-order valence-corrected chi connectivity index (χ0v) is 12.1. The molecule has 4 heteroatoms. The highest BCUT2D eigenvalue weighted by Gasteiger charge is 2.29. The third-order valence-corrected chi connectivity index (χ3v) is 3.54. The molecule has 1 aromatic rings. The Labute approximate surface area is 114 Å². The summed E-state index contributed by atoms with van der Waals surface area (Å²) in [6, 6.07) is 6.00. The minimum atomic E-state index is 0.0759. The van der Waals surface area contributed by atoms with E-state index < -0.39 is 0 Å². The van der Waals surface area contributed by atoms with Crippen molar-refractivity contribution >= 4 is 11.6 Å². The van der Waals surface area contributed by atoms with Crippen LogP contribution in [0.3, 0.4) is 0 Å². The molecule has 1 aliphatic rings. The Balaban J connectivity index is 2.28. The van der Waals surface area contributed by atoms with Gasteiger partial charge in [-0.1, -0.05) is 6.07 Å². The Bertz CT molecular complexity index is 473. The number of nitrogens with zero attached hydrogens (tertiary/aromatic N) is 1. The van der Waals surface area contributed by atoms with Gasteiger partial charge in [-0.2, -0.15) is 0 Å². The second-order valence-electron chi connectivity index (χ2n) is 5.25. The molecule has 1 saturated heterocycles. The molecule has 1 aromatic carbocycles. The summed E-state index contributed by atoms with van der Waals surface area (Å²) in [6.45, 7) is 7.30. The first-order valence-electron chi connectivity index (χ1n) is 6.74. The van der Waals surface area contributed by atoms with Crippen molar-refractivity contribution in [2.75, 3.05) is 25.5 Å². The maximum atomic E-state index is 12.7. The van der Waals surface area contributed by atoms with Crippen LogP contribution in [-0.2, 0) is 4.74 Å². The summed E-state index contributed by atoms with van der Waals surface area (Å²) in [5.74, 6) is 0.0759. The van der Waals surface area contributed by atoms with E-state index in [-0.39, 0.29) is 18.1 Å². The van der Waals surface area contributed by atoms with Crippen LogP contribution in [0.1, 0.15) is 29.8 Å². The number of carbonyl (C=O) groups excluding carboxylic acids is 1.